The van der Waals surface area contributed by atoms with Crippen molar-refractivity contribution in [1.29, 1.82) is 5.26 Å². The van der Waals surface area contributed by atoms with Crippen LogP contribution in [0.5, 0.6) is 0 Å². The molecular weight excluding hydrogens is 219 g/mol. The van der Waals surface area contributed by atoms with Gasteiger partial charge in [-0.2, -0.15) is 6.42 Å². The van der Waals surface area contributed by atoms with Gasteiger partial charge in [-0.05, 0) is 0 Å². The predicted molar refractivity (Wildman–Crippen MR) is 35.1 cm³/mol. The molecule has 8 heavy (non-hydrogen) atoms. The Bertz CT molecular complexity index is 59.9. The molecular formula is C5H9BrNZn-. The van der Waals surface area contributed by atoms with Crippen LogP contribution in [0.3, 0.4) is 0 Å². The van der Waals surface area contributed by atoms with Gasteiger partial charge in [0.15, 0.2) is 0 Å². The van der Waals surface area contributed by atoms with E-state index in [1.807, 2.05) is 13.0 Å². The Morgan fingerprint density at radius 2 is 2.12 bits per heavy atom. The van der Waals surface area contributed by atoms with Crippen LogP contribution in [0.1, 0.15) is 19.8 Å². The normalized spacial score (nSPS) is 5.00. The van der Waals surface area contributed by atoms with Crippen molar-refractivity contribution in [3.8, 4) is 6.07 Å². The Morgan fingerprint density at radius 3 is 2.25 bits per heavy atom. The van der Waals surface area contributed by atoms with Gasteiger partial charge in [0, 0.05) is 19.5 Å². The van der Waals surface area contributed by atoms with Crippen LogP contribution in [0.4, 0.5) is 0 Å². The third kappa shape index (κ3) is 16.1. The monoisotopic (exact) mass is 226 g/mol. The van der Waals surface area contributed by atoms with Crippen molar-refractivity contribution in [3.05, 3.63) is 6.42 Å². The molecule has 0 aromatic carbocycles. The zero-order chi connectivity index (χ0) is 4.83. The van der Waals surface area contributed by atoms with Crippen LogP contribution >= 0.6 is 17.0 Å². The van der Waals surface area contributed by atoms with Crippen molar-refractivity contribution in [2.24, 2.45) is 0 Å². The van der Waals surface area contributed by atoms with Crippen molar-refractivity contribution in [1.82, 2.24) is 0 Å². The summed E-state index contributed by atoms with van der Waals surface area (Å²) >= 11 is 0. The van der Waals surface area contributed by atoms with E-state index in [0.717, 1.165) is 12.8 Å². The molecule has 0 saturated carbocycles. The summed E-state index contributed by atoms with van der Waals surface area (Å²) in [5, 5.41) is 7.89. The molecule has 0 fully saturated rings. The molecule has 0 spiro atoms. The standard InChI is InChI=1S/C5H8N.BrH.Zn/c1-2-3-4-5-6;;/h4H,2-3H2,1H3;1H;/q-1;;. The quantitative estimate of drug-likeness (QED) is 0.403. The zero-order valence-corrected chi connectivity index (χ0v) is 9.73. The zero-order valence-electron chi connectivity index (χ0n) is 5.05. The molecule has 0 unspecified atom stereocenters. The fourth-order valence-electron chi connectivity index (χ4n) is 0.209. The minimum atomic E-state index is 0. The fraction of sp³-hybridized carbons (Fsp3) is 0.600. The van der Waals surface area contributed by atoms with Gasteiger partial charge >= 0.3 is 0 Å². The topological polar surface area (TPSA) is 23.8 Å². The van der Waals surface area contributed by atoms with E-state index in [4.69, 9.17) is 5.26 Å². The molecule has 0 bridgehead atoms. The van der Waals surface area contributed by atoms with E-state index in [-0.39, 0.29) is 36.5 Å². The Balaban J connectivity index is -0.000000125. The summed E-state index contributed by atoms with van der Waals surface area (Å²) in [6.07, 6.45) is 3.62. The summed E-state index contributed by atoms with van der Waals surface area (Å²) in [6, 6.07) is 1.94. The maximum Gasteiger partial charge on any atom is 0 e. The number of rotatable bonds is 2. The molecule has 0 saturated heterocycles. The molecule has 0 aromatic rings. The number of hydrogen-bond donors (Lipinski definition) is 0. The smallest absolute Gasteiger partial charge is 0 e. The summed E-state index contributed by atoms with van der Waals surface area (Å²) in [7, 11) is 0. The largest absolute Gasteiger partial charge is 0.291 e. The molecule has 0 N–H and O–H groups in total. The number of hydrogen-bond acceptors (Lipinski definition) is 1. The molecule has 0 radical (unpaired) electrons. The molecule has 1 nitrogen and oxygen atoms in total. The molecule has 0 aliphatic heterocycles. The third-order valence-corrected chi connectivity index (χ3v) is 0.524. The van der Waals surface area contributed by atoms with Crippen LogP contribution in [0, 0.1) is 17.8 Å². The summed E-state index contributed by atoms with van der Waals surface area (Å²) < 4.78 is 0. The van der Waals surface area contributed by atoms with Crippen LogP contribution < -0.4 is 0 Å². The van der Waals surface area contributed by atoms with Gasteiger partial charge in [-0.3, -0.25) is 6.42 Å². The molecule has 3 heteroatoms. The molecule has 0 aromatic heterocycles. The van der Waals surface area contributed by atoms with E-state index in [0.29, 0.717) is 0 Å². The Morgan fingerprint density at radius 1 is 1.62 bits per heavy atom. The van der Waals surface area contributed by atoms with E-state index >= 15 is 0 Å². The van der Waals surface area contributed by atoms with Gasteiger partial charge in [0.1, 0.15) is 0 Å². The molecule has 0 rings (SSSR count). The van der Waals surface area contributed by atoms with Gasteiger partial charge in [-0.25, -0.2) is 5.26 Å². The third-order valence-electron chi connectivity index (χ3n) is 0.524. The minimum Gasteiger partial charge on any atom is -0.291 e. The number of halogens is 1. The second kappa shape index (κ2) is 15.7. The fourth-order valence-corrected chi connectivity index (χ4v) is 0.209. The summed E-state index contributed by atoms with van der Waals surface area (Å²) in [6.45, 7) is 2.05. The summed E-state index contributed by atoms with van der Waals surface area (Å²) in [5.41, 5.74) is 0. The molecule has 0 amide bonds. The second-order valence-electron chi connectivity index (χ2n) is 1.12. The van der Waals surface area contributed by atoms with E-state index < -0.39 is 0 Å². The van der Waals surface area contributed by atoms with Crippen LogP contribution in [-0.4, -0.2) is 0 Å². The van der Waals surface area contributed by atoms with Crippen LogP contribution in [0.25, 0.3) is 0 Å². The van der Waals surface area contributed by atoms with Crippen LogP contribution in [-0.2, 0) is 19.5 Å². The van der Waals surface area contributed by atoms with Crippen LogP contribution in [0.15, 0.2) is 0 Å². The Hall–Kier alpha value is 0.463. The van der Waals surface area contributed by atoms with E-state index in [2.05, 4.69) is 0 Å². The summed E-state index contributed by atoms with van der Waals surface area (Å²) in [4.78, 5) is 0. The first kappa shape index (κ1) is 15.8. The molecule has 0 aliphatic rings. The SMILES string of the molecule is Br.CCC[CH-]C#N.[Zn]. The van der Waals surface area contributed by atoms with Gasteiger partial charge in [-0.1, -0.05) is 13.3 Å². The van der Waals surface area contributed by atoms with E-state index in [1.54, 1.807) is 6.42 Å². The van der Waals surface area contributed by atoms with Crippen molar-refractivity contribution >= 4 is 17.0 Å². The maximum absolute atomic E-state index is 7.89. The maximum atomic E-state index is 7.89. The van der Waals surface area contributed by atoms with E-state index in [9.17, 15) is 0 Å². The average Bonchev–Trinajstić information content (AvgIpc) is 1.61. The van der Waals surface area contributed by atoms with Crippen molar-refractivity contribution in [2.45, 2.75) is 19.8 Å². The summed E-state index contributed by atoms with van der Waals surface area (Å²) in [5.74, 6) is 0. The number of nitrogens with zero attached hydrogens (tertiary/aromatic N) is 1. The molecule has 0 aliphatic carbocycles. The van der Waals surface area contributed by atoms with Crippen LogP contribution in [0.2, 0.25) is 0 Å². The minimum absolute atomic E-state index is 0. The van der Waals surface area contributed by atoms with Gasteiger partial charge < -0.3 is 0 Å². The first-order valence-corrected chi connectivity index (χ1v) is 2.13. The molecule has 44 valence electrons. The number of nitriles is 1. The average molecular weight is 228 g/mol. The predicted octanol–water partition coefficient (Wildman–Crippen LogP) is 2.09. The van der Waals surface area contributed by atoms with Gasteiger partial charge in [0.25, 0.3) is 0 Å². The first-order chi connectivity index (χ1) is 2.91. The first-order valence-electron chi connectivity index (χ1n) is 2.13. The molecule has 0 atom stereocenters. The van der Waals surface area contributed by atoms with Gasteiger partial charge in [-0.15, -0.1) is 23.1 Å². The molecule has 0 heterocycles. The van der Waals surface area contributed by atoms with Crippen molar-refractivity contribution in [2.75, 3.05) is 0 Å². The number of unbranched alkanes of at least 4 members (excludes halogenated alkanes) is 2. The van der Waals surface area contributed by atoms with E-state index in [1.165, 1.54) is 0 Å². The Labute approximate surface area is 74.0 Å². The second-order valence-corrected chi connectivity index (χ2v) is 1.12. The van der Waals surface area contributed by atoms with Gasteiger partial charge in [0.05, 0.1) is 0 Å². The Kier molecular flexibility index (Phi) is 30.9. The van der Waals surface area contributed by atoms with Crippen molar-refractivity contribution < 1.29 is 19.5 Å². The van der Waals surface area contributed by atoms with Gasteiger partial charge in [0.2, 0.25) is 0 Å². The van der Waals surface area contributed by atoms with Crippen molar-refractivity contribution in [3.63, 3.8) is 0 Å².